The number of nitrogens with two attached hydrogens (primary N) is 1. The van der Waals surface area contributed by atoms with Crippen LogP contribution in [0.4, 0.5) is 27.8 Å². The molecule has 0 radical (unpaired) electrons. The van der Waals surface area contributed by atoms with E-state index >= 15 is 0 Å². The van der Waals surface area contributed by atoms with Crippen LogP contribution in [-0.4, -0.2) is 48.6 Å². The Kier molecular flexibility index (Phi) is 5.59. The number of fused-ring (bicyclic) bond motifs is 1. The third-order valence-corrected chi connectivity index (χ3v) is 4.99. The minimum absolute atomic E-state index is 0.109. The number of rotatable bonds is 5. The van der Waals surface area contributed by atoms with Crippen LogP contribution in [-0.2, 0) is 0 Å². The molecule has 0 fully saturated rings. The van der Waals surface area contributed by atoms with E-state index in [0.717, 1.165) is 5.69 Å². The summed E-state index contributed by atoms with van der Waals surface area (Å²) in [6, 6.07) is 12.7. The second kappa shape index (κ2) is 8.50. The summed E-state index contributed by atoms with van der Waals surface area (Å²) in [5.74, 6) is 1.51. The number of nitrogens with zero attached hydrogens (tertiary/aromatic N) is 6. The SMILES string of the molecule is Cc1nc(N)cc(-c2c(Nc3ccc(NC(=O)N(C)C(C)C)cc3)nc3cccnn23)n1. The van der Waals surface area contributed by atoms with Gasteiger partial charge in [-0.05, 0) is 57.2 Å². The number of nitrogen functional groups attached to an aromatic ring is 1. The molecule has 0 aliphatic rings. The topological polar surface area (TPSA) is 126 Å². The maximum Gasteiger partial charge on any atom is 0.321 e. The number of imidazole rings is 1. The summed E-state index contributed by atoms with van der Waals surface area (Å²) in [5.41, 5.74) is 9.40. The fraction of sp³-hybridized carbons (Fsp3) is 0.227. The van der Waals surface area contributed by atoms with Crippen molar-refractivity contribution in [1.29, 1.82) is 0 Å². The number of anilines is 4. The van der Waals surface area contributed by atoms with Crippen molar-refractivity contribution in [1.82, 2.24) is 29.5 Å². The summed E-state index contributed by atoms with van der Waals surface area (Å²) in [6.07, 6.45) is 1.69. The standard InChI is InChI=1S/C22H25N9O/c1-13(2)30(4)22(32)28-16-9-7-15(8-10-16)27-21-20(17-12-18(23)26-14(3)25-17)31-19(29-21)6-5-11-24-31/h5-13,27H,1-4H3,(H,28,32)(H2,23,25,26). The highest BCUT2D eigenvalue weighted by Crippen LogP contribution is 2.30. The zero-order valence-electron chi connectivity index (χ0n) is 18.4. The van der Waals surface area contributed by atoms with Gasteiger partial charge in [0.2, 0.25) is 0 Å². The normalized spacial score (nSPS) is 11.0. The third kappa shape index (κ3) is 4.29. The summed E-state index contributed by atoms with van der Waals surface area (Å²) in [4.78, 5) is 27.2. The van der Waals surface area contributed by atoms with Gasteiger partial charge in [0.25, 0.3) is 0 Å². The lowest BCUT2D eigenvalue weighted by atomic mass is 10.2. The van der Waals surface area contributed by atoms with Crippen LogP contribution in [0.1, 0.15) is 19.7 Å². The number of carbonyl (C=O) groups is 1. The molecule has 0 unspecified atom stereocenters. The molecule has 0 saturated carbocycles. The molecule has 10 heteroatoms. The molecule has 0 aliphatic heterocycles. The van der Waals surface area contributed by atoms with E-state index in [4.69, 9.17) is 5.73 Å². The minimum atomic E-state index is -0.161. The molecular formula is C22H25N9O. The largest absolute Gasteiger partial charge is 0.384 e. The van der Waals surface area contributed by atoms with Gasteiger partial charge in [-0.15, -0.1) is 0 Å². The van der Waals surface area contributed by atoms with Gasteiger partial charge in [-0.3, -0.25) is 0 Å². The Morgan fingerprint density at radius 2 is 1.81 bits per heavy atom. The number of benzene rings is 1. The second-order valence-electron chi connectivity index (χ2n) is 7.67. The molecule has 0 bridgehead atoms. The number of carbonyl (C=O) groups excluding carboxylic acids is 1. The van der Waals surface area contributed by atoms with Gasteiger partial charge in [0.1, 0.15) is 17.3 Å². The Labute approximate surface area is 185 Å². The van der Waals surface area contributed by atoms with Crippen LogP contribution in [0.5, 0.6) is 0 Å². The zero-order valence-corrected chi connectivity index (χ0v) is 18.4. The van der Waals surface area contributed by atoms with Crippen LogP contribution in [0.2, 0.25) is 0 Å². The first kappa shape index (κ1) is 21.0. The first-order valence-electron chi connectivity index (χ1n) is 10.2. The van der Waals surface area contributed by atoms with Crippen molar-refractivity contribution in [3.05, 3.63) is 54.5 Å². The average Bonchev–Trinajstić information content (AvgIpc) is 3.11. The minimum Gasteiger partial charge on any atom is -0.384 e. The lowest BCUT2D eigenvalue weighted by Crippen LogP contribution is -2.36. The van der Waals surface area contributed by atoms with Crippen molar-refractivity contribution >= 4 is 34.7 Å². The number of urea groups is 1. The molecule has 10 nitrogen and oxygen atoms in total. The molecule has 32 heavy (non-hydrogen) atoms. The van der Waals surface area contributed by atoms with Crippen molar-refractivity contribution < 1.29 is 4.79 Å². The van der Waals surface area contributed by atoms with Crippen LogP contribution in [0, 0.1) is 6.92 Å². The van der Waals surface area contributed by atoms with E-state index in [1.807, 2.05) is 50.2 Å². The van der Waals surface area contributed by atoms with Gasteiger partial charge in [0.15, 0.2) is 11.5 Å². The van der Waals surface area contributed by atoms with Crippen molar-refractivity contribution in [3.8, 4) is 11.4 Å². The highest BCUT2D eigenvalue weighted by Gasteiger charge is 2.18. The molecule has 3 heterocycles. The average molecular weight is 432 g/mol. The van der Waals surface area contributed by atoms with Gasteiger partial charge in [0.05, 0.1) is 5.69 Å². The Morgan fingerprint density at radius 1 is 1.09 bits per heavy atom. The molecular weight excluding hydrogens is 406 g/mol. The molecule has 4 aromatic rings. The molecule has 0 atom stereocenters. The van der Waals surface area contributed by atoms with Gasteiger partial charge in [-0.2, -0.15) is 5.10 Å². The van der Waals surface area contributed by atoms with E-state index in [0.29, 0.717) is 40.2 Å². The van der Waals surface area contributed by atoms with E-state index in [1.54, 1.807) is 35.6 Å². The molecule has 1 aromatic carbocycles. The van der Waals surface area contributed by atoms with E-state index in [9.17, 15) is 4.79 Å². The molecule has 0 saturated heterocycles. The lowest BCUT2D eigenvalue weighted by Gasteiger charge is -2.21. The summed E-state index contributed by atoms with van der Waals surface area (Å²) in [7, 11) is 1.76. The highest BCUT2D eigenvalue weighted by molar-refractivity contribution is 5.89. The van der Waals surface area contributed by atoms with Gasteiger partial charge in [-0.25, -0.2) is 24.3 Å². The predicted octanol–water partition coefficient (Wildman–Crippen LogP) is 3.69. The number of amides is 2. The van der Waals surface area contributed by atoms with Crippen molar-refractivity contribution in [2.75, 3.05) is 23.4 Å². The Balaban J connectivity index is 1.64. The third-order valence-electron chi connectivity index (χ3n) is 4.99. The Hall–Kier alpha value is -4.21. The molecule has 4 N–H and O–H groups in total. The van der Waals surface area contributed by atoms with Crippen LogP contribution >= 0.6 is 0 Å². The summed E-state index contributed by atoms with van der Waals surface area (Å²) in [6.45, 7) is 5.70. The van der Waals surface area contributed by atoms with Gasteiger partial charge < -0.3 is 21.3 Å². The summed E-state index contributed by atoms with van der Waals surface area (Å²) >= 11 is 0. The van der Waals surface area contributed by atoms with E-state index in [2.05, 4.69) is 30.7 Å². The van der Waals surface area contributed by atoms with Gasteiger partial charge >= 0.3 is 6.03 Å². The zero-order chi connectivity index (χ0) is 22.8. The Bertz CT molecular complexity index is 1240. The lowest BCUT2D eigenvalue weighted by molar-refractivity contribution is 0.211. The molecule has 164 valence electrons. The number of hydrogen-bond acceptors (Lipinski definition) is 7. The first-order chi connectivity index (χ1) is 15.3. The fourth-order valence-electron chi connectivity index (χ4n) is 3.14. The fourth-order valence-corrected chi connectivity index (χ4v) is 3.14. The molecule has 4 rings (SSSR count). The first-order valence-corrected chi connectivity index (χ1v) is 10.2. The summed E-state index contributed by atoms with van der Waals surface area (Å²) in [5, 5.41) is 10.6. The highest BCUT2D eigenvalue weighted by atomic mass is 16.2. The number of hydrogen-bond donors (Lipinski definition) is 3. The van der Waals surface area contributed by atoms with Crippen LogP contribution in [0.3, 0.4) is 0 Å². The predicted molar refractivity (Wildman–Crippen MR) is 125 cm³/mol. The number of aromatic nitrogens is 5. The molecule has 0 spiro atoms. The monoisotopic (exact) mass is 431 g/mol. The van der Waals surface area contributed by atoms with E-state index in [-0.39, 0.29) is 12.1 Å². The van der Waals surface area contributed by atoms with Gasteiger partial charge in [0, 0.05) is 36.7 Å². The van der Waals surface area contributed by atoms with Crippen LogP contribution in [0.15, 0.2) is 48.7 Å². The smallest absolute Gasteiger partial charge is 0.321 e. The quantitative estimate of drug-likeness (QED) is 0.440. The van der Waals surface area contributed by atoms with Crippen LogP contribution in [0.25, 0.3) is 17.0 Å². The number of nitrogens with one attached hydrogen (secondary N) is 2. The molecule has 2 amide bonds. The second-order valence-corrected chi connectivity index (χ2v) is 7.67. The maximum absolute atomic E-state index is 12.2. The maximum atomic E-state index is 12.2. The molecule has 3 aromatic heterocycles. The van der Waals surface area contributed by atoms with E-state index < -0.39 is 0 Å². The van der Waals surface area contributed by atoms with Crippen molar-refractivity contribution in [2.24, 2.45) is 0 Å². The number of aryl methyl sites for hydroxylation is 1. The summed E-state index contributed by atoms with van der Waals surface area (Å²) < 4.78 is 1.71. The van der Waals surface area contributed by atoms with Crippen LogP contribution < -0.4 is 16.4 Å². The van der Waals surface area contributed by atoms with Crippen molar-refractivity contribution in [3.63, 3.8) is 0 Å². The van der Waals surface area contributed by atoms with Gasteiger partial charge in [-0.1, -0.05) is 0 Å². The van der Waals surface area contributed by atoms with E-state index in [1.165, 1.54) is 0 Å². The Morgan fingerprint density at radius 3 is 2.50 bits per heavy atom. The molecule has 0 aliphatic carbocycles. The van der Waals surface area contributed by atoms with Crippen molar-refractivity contribution in [2.45, 2.75) is 26.8 Å².